The molecule has 1 aromatic heterocycles. The standard InChI is InChI=1S/C15H23N3/c1-17-9-3-2-6-14(17)13-7-8-15(16-12-13)18-10-4-5-11-18/h7-8,12,14H,2-6,9-11H2,1H3. The van der Waals surface area contributed by atoms with Gasteiger partial charge in [0.15, 0.2) is 0 Å². The lowest BCUT2D eigenvalue weighted by Crippen LogP contribution is -2.29. The lowest BCUT2D eigenvalue weighted by atomic mass is 9.97. The minimum Gasteiger partial charge on any atom is -0.357 e. The monoisotopic (exact) mass is 245 g/mol. The molecule has 1 unspecified atom stereocenters. The van der Waals surface area contributed by atoms with E-state index in [1.807, 2.05) is 0 Å². The van der Waals surface area contributed by atoms with E-state index in [-0.39, 0.29) is 0 Å². The van der Waals surface area contributed by atoms with Crippen LogP contribution < -0.4 is 4.90 Å². The van der Waals surface area contributed by atoms with Crippen LogP contribution in [0.3, 0.4) is 0 Å². The zero-order chi connectivity index (χ0) is 12.4. The number of anilines is 1. The van der Waals surface area contributed by atoms with Crippen LogP contribution in [-0.2, 0) is 0 Å². The van der Waals surface area contributed by atoms with Crippen LogP contribution in [0.25, 0.3) is 0 Å². The Kier molecular flexibility index (Phi) is 3.50. The van der Waals surface area contributed by atoms with E-state index >= 15 is 0 Å². The molecule has 3 heteroatoms. The molecule has 2 saturated heterocycles. The fraction of sp³-hybridized carbons (Fsp3) is 0.667. The second-order valence-electron chi connectivity index (χ2n) is 5.64. The highest BCUT2D eigenvalue weighted by molar-refractivity contribution is 5.40. The van der Waals surface area contributed by atoms with Gasteiger partial charge in [0.1, 0.15) is 5.82 Å². The van der Waals surface area contributed by atoms with Crippen LogP contribution in [-0.4, -0.2) is 36.6 Å². The zero-order valence-electron chi connectivity index (χ0n) is 11.3. The zero-order valence-corrected chi connectivity index (χ0v) is 11.3. The number of pyridine rings is 1. The first-order valence-electron chi connectivity index (χ1n) is 7.26. The minimum atomic E-state index is 0.582. The van der Waals surface area contributed by atoms with Gasteiger partial charge in [0.2, 0.25) is 0 Å². The van der Waals surface area contributed by atoms with E-state index in [0.717, 1.165) is 5.82 Å². The molecule has 1 aromatic rings. The van der Waals surface area contributed by atoms with Crippen LogP contribution in [0.15, 0.2) is 18.3 Å². The normalized spacial score (nSPS) is 25.6. The Morgan fingerprint density at radius 3 is 2.50 bits per heavy atom. The average Bonchev–Trinajstić information content (AvgIpc) is 2.94. The van der Waals surface area contributed by atoms with Gasteiger partial charge in [-0.05, 0) is 50.9 Å². The van der Waals surface area contributed by atoms with Gasteiger partial charge >= 0.3 is 0 Å². The summed E-state index contributed by atoms with van der Waals surface area (Å²) < 4.78 is 0. The van der Waals surface area contributed by atoms with Gasteiger partial charge in [-0.1, -0.05) is 12.5 Å². The molecule has 1 atom stereocenters. The molecule has 0 saturated carbocycles. The second-order valence-corrected chi connectivity index (χ2v) is 5.64. The van der Waals surface area contributed by atoms with Gasteiger partial charge in [-0.3, -0.25) is 4.90 Å². The van der Waals surface area contributed by atoms with E-state index in [1.54, 1.807) is 0 Å². The third-order valence-electron chi connectivity index (χ3n) is 4.36. The fourth-order valence-electron chi connectivity index (χ4n) is 3.22. The van der Waals surface area contributed by atoms with Crippen molar-refractivity contribution in [3.63, 3.8) is 0 Å². The number of piperidine rings is 1. The molecule has 2 aliphatic heterocycles. The molecule has 0 N–H and O–H groups in total. The van der Waals surface area contributed by atoms with Gasteiger partial charge in [-0.2, -0.15) is 0 Å². The molecule has 3 rings (SSSR count). The van der Waals surface area contributed by atoms with Crippen LogP contribution in [0.1, 0.15) is 43.7 Å². The van der Waals surface area contributed by atoms with Gasteiger partial charge in [-0.15, -0.1) is 0 Å². The highest BCUT2D eigenvalue weighted by atomic mass is 15.2. The Morgan fingerprint density at radius 2 is 1.83 bits per heavy atom. The summed E-state index contributed by atoms with van der Waals surface area (Å²) in [6.07, 6.45) is 8.69. The topological polar surface area (TPSA) is 19.4 Å². The summed E-state index contributed by atoms with van der Waals surface area (Å²) >= 11 is 0. The van der Waals surface area contributed by atoms with E-state index in [0.29, 0.717) is 6.04 Å². The Morgan fingerprint density at radius 1 is 1.06 bits per heavy atom. The molecule has 0 bridgehead atoms. The summed E-state index contributed by atoms with van der Waals surface area (Å²) in [6.45, 7) is 3.57. The van der Waals surface area contributed by atoms with Crippen molar-refractivity contribution in [1.29, 1.82) is 0 Å². The van der Waals surface area contributed by atoms with E-state index < -0.39 is 0 Å². The SMILES string of the molecule is CN1CCCCC1c1ccc(N2CCCC2)nc1. The Balaban J connectivity index is 1.73. The fourth-order valence-corrected chi connectivity index (χ4v) is 3.22. The lowest BCUT2D eigenvalue weighted by molar-refractivity contribution is 0.187. The van der Waals surface area contributed by atoms with Crippen LogP contribution in [0.2, 0.25) is 0 Å². The molecule has 0 radical (unpaired) electrons. The predicted octanol–water partition coefficient (Wildman–Crippen LogP) is 2.84. The molecule has 0 spiro atoms. The van der Waals surface area contributed by atoms with Crippen molar-refractivity contribution in [2.45, 2.75) is 38.1 Å². The molecule has 0 amide bonds. The number of hydrogen-bond donors (Lipinski definition) is 0. The van der Waals surface area contributed by atoms with Gasteiger partial charge < -0.3 is 4.90 Å². The van der Waals surface area contributed by atoms with Crippen molar-refractivity contribution >= 4 is 5.82 Å². The van der Waals surface area contributed by atoms with Gasteiger partial charge in [-0.25, -0.2) is 4.98 Å². The molecule has 3 heterocycles. The maximum absolute atomic E-state index is 4.67. The number of likely N-dealkylation sites (tertiary alicyclic amines) is 1. The van der Waals surface area contributed by atoms with Gasteiger partial charge in [0.05, 0.1) is 0 Å². The molecule has 0 aromatic carbocycles. The molecule has 18 heavy (non-hydrogen) atoms. The van der Waals surface area contributed by atoms with E-state index in [2.05, 4.69) is 40.2 Å². The summed E-state index contributed by atoms with van der Waals surface area (Å²) in [4.78, 5) is 9.54. The number of hydrogen-bond acceptors (Lipinski definition) is 3. The first-order chi connectivity index (χ1) is 8.84. The number of aromatic nitrogens is 1. The van der Waals surface area contributed by atoms with Crippen LogP contribution in [0.4, 0.5) is 5.82 Å². The summed E-state index contributed by atoms with van der Waals surface area (Å²) in [5, 5.41) is 0. The lowest BCUT2D eigenvalue weighted by Gasteiger charge is -2.32. The molecule has 3 nitrogen and oxygen atoms in total. The van der Waals surface area contributed by atoms with Crippen molar-refractivity contribution in [3.8, 4) is 0 Å². The predicted molar refractivity (Wildman–Crippen MR) is 74.9 cm³/mol. The molecule has 2 fully saturated rings. The van der Waals surface area contributed by atoms with E-state index in [9.17, 15) is 0 Å². The highest BCUT2D eigenvalue weighted by Crippen LogP contribution is 2.30. The van der Waals surface area contributed by atoms with Crippen molar-refractivity contribution < 1.29 is 0 Å². The van der Waals surface area contributed by atoms with Gasteiger partial charge in [0.25, 0.3) is 0 Å². The maximum Gasteiger partial charge on any atom is 0.128 e. The summed E-state index contributed by atoms with van der Waals surface area (Å²) in [5.74, 6) is 1.16. The molecule has 2 aliphatic rings. The second kappa shape index (κ2) is 5.27. The number of rotatable bonds is 2. The first-order valence-corrected chi connectivity index (χ1v) is 7.26. The number of nitrogens with zero attached hydrogens (tertiary/aromatic N) is 3. The Labute approximate surface area is 110 Å². The van der Waals surface area contributed by atoms with Crippen molar-refractivity contribution in [3.05, 3.63) is 23.9 Å². The molecular formula is C15H23N3. The largest absolute Gasteiger partial charge is 0.357 e. The summed E-state index contributed by atoms with van der Waals surface area (Å²) in [5.41, 5.74) is 1.39. The Bertz CT molecular complexity index is 381. The maximum atomic E-state index is 4.67. The highest BCUT2D eigenvalue weighted by Gasteiger charge is 2.21. The van der Waals surface area contributed by atoms with Gasteiger partial charge in [0, 0.05) is 25.3 Å². The van der Waals surface area contributed by atoms with Crippen molar-refractivity contribution in [2.24, 2.45) is 0 Å². The summed E-state index contributed by atoms with van der Waals surface area (Å²) in [7, 11) is 2.23. The smallest absolute Gasteiger partial charge is 0.128 e. The minimum absolute atomic E-state index is 0.582. The van der Waals surface area contributed by atoms with E-state index in [4.69, 9.17) is 0 Å². The van der Waals surface area contributed by atoms with Crippen LogP contribution >= 0.6 is 0 Å². The average molecular weight is 245 g/mol. The van der Waals surface area contributed by atoms with Crippen LogP contribution in [0, 0.1) is 0 Å². The van der Waals surface area contributed by atoms with Crippen molar-refractivity contribution in [1.82, 2.24) is 9.88 Å². The first kappa shape index (κ1) is 12.0. The quantitative estimate of drug-likeness (QED) is 0.798. The van der Waals surface area contributed by atoms with E-state index in [1.165, 1.54) is 57.3 Å². The van der Waals surface area contributed by atoms with Crippen molar-refractivity contribution in [2.75, 3.05) is 31.6 Å². The third-order valence-corrected chi connectivity index (χ3v) is 4.36. The Hall–Kier alpha value is -1.09. The molecular weight excluding hydrogens is 222 g/mol. The summed E-state index contributed by atoms with van der Waals surface area (Å²) in [6, 6.07) is 5.08. The molecule has 0 aliphatic carbocycles. The molecule has 98 valence electrons. The van der Waals surface area contributed by atoms with Crippen LogP contribution in [0.5, 0.6) is 0 Å². The third kappa shape index (κ3) is 2.37.